The molecule has 0 radical (unpaired) electrons. The number of carbonyl (C=O) groups excluding carboxylic acids is 2. The minimum Gasteiger partial charge on any atom is -0.325 e. The van der Waals surface area contributed by atoms with Crippen LogP contribution in [0.3, 0.4) is 0 Å². The lowest BCUT2D eigenvalue weighted by molar-refractivity contribution is -0.122. The van der Waals surface area contributed by atoms with Crippen LogP contribution >= 0.6 is 11.6 Å². The molecule has 0 aromatic heterocycles. The summed E-state index contributed by atoms with van der Waals surface area (Å²) in [5.74, 6) is -0.206. The molecule has 4 nitrogen and oxygen atoms in total. The van der Waals surface area contributed by atoms with Gasteiger partial charge in [-0.05, 0) is 49.2 Å². The molecule has 118 valence electrons. The third-order valence-corrected chi connectivity index (χ3v) is 4.26. The molecule has 1 aliphatic rings. The summed E-state index contributed by atoms with van der Waals surface area (Å²) in [6.07, 6.45) is 2.94. The molecule has 5 heteroatoms. The minimum atomic E-state index is -0.267. The van der Waals surface area contributed by atoms with Crippen molar-refractivity contribution < 1.29 is 9.59 Å². The van der Waals surface area contributed by atoms with Gasteiger partial charge in [0.05, 0.1) is 11.3 Å². The second-order valence-electron chi connectivity index (χ2n) is 5.62. The van der Waals surface area contributed by atoms with Crippen molar-refractivity contribution in [2.45, 2.75) is 19.3 Å². The first-order valence-electron chi connectivity index (χ1n) is 7.60. The quantitative estimate of drug-likeness (QED) is 0.877. The Bertz CT molecular complexity index is 724. The standard InChI is InChI=1S/C18H17ClN2O2/c19-13-8-10-14(11-9-13)20-18(23)15-6-1-2-7-16(15)21-17(22)12-4-3-5-12/h1-2,6-12H,3-5H2,(H,20,23)(H,21,22). The highest BCUT2D eigenvalue weighted by atomic mass is 35.5. The van der Waals surface area contributed by atoms with Crippen LogP contribution < -0.4 is 10.6 Å². The van der Waals surface area contributed by atoms with E-state index < -0.39 is 0 Å². The Labute approximate surface area is 139 Å². The fourth-order valence-electron chi connectivity index (χ4n) is 2.43. The second kappa shape index (κ2) is 6.84. The first-order chi connectivity index (χ1) is 11.1. The SMILES string of the molecule is O=C(Nc1ccc(Cl)cc1)c1ccccc1NC(=O)C1CCC1. The molecule has 0 unspecified atom stereocenters. The Kier molecular flexibility index (Phi) is 4.63. The van der Waals surface area contributed by atoms with Crippen LogP contribution in [0.2, 0.25) is 5.02 Å². The van der Waals surface area contributed by atoms with Crippen molar-refractivity contribution in [3.63, 3.8) is 0 Å². The highest BCUT2D eigenvalue weighted by molar-refractivity contribution is 6.30. The van der Waals surface area contributed by atoms with Gasteiger partial charge in [0.1, 0.15) is 0 Å². The van der Waals surface area contributed by atoms with E-state index in [0.29, 0.717) is 22.0 Å². The summed E-state index contributed by atoms with van der Waals surface area (Å²) in [5.41, 5.74) is 1.63. The van der Waals surface area contributed by atoms with Gasteiger partial charge in [-0.25, -0.2) is 0 Å². The van der Waals surface area contributed by atoms with Crippen LogP contribution in [0, 0.1) is 5.92 Å². The van der Waals surface area contributed by atoms with E-state index in [1.165, 1.54) is 0 Å². The molecule has 23 heavy (non-hydrogen) atoms. The van der Waals surface area contributed by atoms with E-state index >= 15 is 0 Å². The molecule has 2 aromatic rings. The summed E-state index contributed by atoms with van der Waals surface area (Å²) in [6, 6.07) is 13.9. The predicted molar refractivity (Wildman–Crippen MR) is 91.8 cm³/mol. The molecule has 0 heterocycles. The van der Waals surface area contributed by atoms with E-state index in [-0.39, 0.29) is 17.7 Å². The van der Waals surface area contributed by atoms with Gasteiger partial charge in [-0.3, -0.25) is 9.59 Å². The molecule has 2 amide bonds. The molecular formula is C18H17ClN2O2. The van der Waals surface area contributed by atoms with Gasteiger partial charge in [-0.15, -0.1) is 0 Å². The number of hydrogen-bond acceptors (Lipinski definition) is 2. The lowest BCUT2D eigenvalue weighted by Gasteiger charge is -2.24. The van der Waals surface area contributed by atoms with E-state index in [1.807, 2.05) is 0 Å². The van der Waals surface area contributed by atoms with Crippen LogP contribution in [-0.4, -0.2) is 11.8 Å². The van der Waals surface area contributed by atoms with Crippen molar-refractivity contribution in [2.75, 3.05) is 10.6 Å². The lowest BCUT2D eigenvalue weighted by atomic mass is 9.85. The van der Waals surface area contributed by atoms with Gasteiger partial charge in [-0.2, -0.15) is 0 Å². The normalized spacial score (nSPS) is 14.0. The van der Waals surface area contributed by atoms with Gasteiger partial charge in [0, 0.05) is 16.6 Å². The summed E-state index contributed by atoms with van der Waals surface area (Å²) in [4.78, 5) is 24.6. The van der Waals surface area contributed by atoms with Crippen LogP contribution in [0.5, 0.6) is 0 Å². The van der Waals surface area contributed by atoms with Crippen LogP contribution in [-0.2, 0) is 4.79 Å². The summed E-state index contributed by atoms with van der Waals surface area (Å²) >= 11 is 5.84. The Hall–Kier alpha value is -2.33. The fourth-order valence-corrected chi connectivity index (χ4v) is 2.55. The van der Waals surface area contributed by atoms with Gasteiger partial charge in [0.15, 0.2) is 0 Å². The van der Waals surface area contributed by atoms with E-state index in [9.17, 15) is 9.59 Å². The minimum absolute atomic E-state index is 0.0111. The molecule has 0 saturated heterocycles. The maximum atomic E-state index is 12.5. The summed E-state index contributed by atoms with van der Waals surface area (Å²) in [6.45, 7) is 0. The number of halogens is 1. The zero-order valence-electron chi connectivity index (χ0n) is 12.5. The number of para-hydroxylation sites is 1. The molecule has 1 saturated carbocycles. The Morgan fingerprint density at radius 3 is 2.30 bits per heavy atom. The first kappa shape index (κ1) is 15.6. The number of anilines is 2. The number of carbonyl (C=O) groups is 2. The fraction of sp³-hybridized carbons (Fsp3) is 0.222. The Morgan fingerprint density at radius 2 is 1.65 bits per heavy atom. The van der Waals surface area contributed by atoms with Gasteiger partial charge in [0.2, 0.25) is 5.91 Å². The third-order valence-electron chi connectivity index (χ3n) is 4.01. The van der Waals surface area contributed by atoms with Crippen molar-refractivity contribution in [2.24, 2.45) is 5.92 Å². The zero-order valence-corrected chi connectivity index (χ0v) is 13.3. The first-order valence-corrected chi connectivity index (χ1v) is 7.98. The zero-order chi connectivity index (χ0) is 16.2. The van der Waals surface area contributed by atoms with Crippen molar-refractivity contribution in [3.8, 4) is 0 Å². The molecule has 2 aromatic carbocycles. The highest BCUT2D eigenvalue weighted by Gasteiger charge is 2.26. The van der Waals surface area contributed by atoms with Crippen molar-refractivity contribution in [3.05, 3.63) is 59.1 Å². The van der Waals surface area contributed by atoms with Crippen LogP contribution in [0.1, 0.15) is 29.6 Å². The number of amides is 2. The third kappa shape index (κ3) is 3.71. The van der Waals surface area contributed by atoms with Crippen LogP contribution in [0.4, 0.5) is 11.4 Å². The number of rotatable bonds is 4. The van der Waals surface area contributed by atoms with Crippen LogP contribution in [0.15, 0.2) is 48.5 Å². The topological polar surface area (TPSA) is 58.2 Å². The van der Waals surface area contributed by atoms with Gasteiger partial charge >= 0.3 is 0 Å². The maximum Gasteiger partial charge on any atom is 0.257 e. The van der Waals surface area contributed by atoms with Crippen molar-refractivity contribution in [1.29, 1.82) is 0 Å². The maximum absolute atomic E-state index is 12.5. The Balaban J connectivity index is 1.74. The summed E-state index contributed by atoms with van der Waals surface area (Å²) < 4.78 is 0. The molecule has 0 atom stereocenters. The van der Waals surface area contributed by atoms with Gasteiger partial charge < -0.3 is 10.6 Å². The Morgan fingerprint density at radius 1 is 0.957 bits per heavy atom. The van der Waals surface area contributed by atoms with Crippen molar-refractivity contribution >= 4 is 34.8 Å². The second-order valence-corrected chi connectivity index (χ2v) is 6.06. The lowest BCUT2D eigenvalue weighted by Crippen LogP contribution is -2.29. The molecule has 0 bridgehead atoms. The number of nitrogens with one attached hydrogen (secondary N) is 2. The summed E-state index contributed by atoms with van der Waals surface area (Å²) in [5, 5.41) is 6.28. The molecule has 0 aliphatic heterocycles. The molecule has 3 rings (SSSR count). The smallest absolute Gasteiger partial charge is 0.257 e. The van der Waals surface area contributed by atoms with E-state index in [4.69, 9.17) is 11.6 Å². The van der Waals surface area contributed by atoms with Crippen LogP contribution in [0.25, 0.3) is 0 Å². The monoisotopic (exact) mass is 328 g/mol. The largest absolute Gasteiger partial charge is 0.325 e. The molecule has 0 spiro atoms. The van der Waals surface area contributed by atoms with E-state index in [0.717, 1.165) is 19.3 Å². The number of hydrogen-bond donors (Lipinski definition) is 2. The molecule has 1 aliphatic carbocycles. The average Bonchev–Trinajstić information content (AvgIpc) is 2.48. The molecule has 1 fully saturated rings. The highest BCUT2D eigenvalue weighted by Crippen LogP contribution is 2.28. The average molecular weight is 329 g/mol. The molecule has 2 N–H and O–H groups in total. The molecular weight excluding hydrogens is 312 g/mol. The number of benzene rings is 2. The van der Waals surface area contributed by atoms with Gasteiger partial charge in [0.25, 0.3) is 5.91 Å². The van der Waals surface area contributed by atoms with Gasteiger partial charge in [-0.1, -0.05) is 30.2 Å². The predicted octanol–water partition coefficient (Wildman–Crippen LogP) is 4.33. The summed E-state index contributed by atoms with van der Waals surface area (Å²) in [7, 11) is 0. The van der Waals surface area contributed by atoms with Crippen molar-refractivity contribution in [1.82, 2.24) is 0 Å². The van der Waals surface area contributed by atoms with E-state index in [2.05, 4.69) is 10.6 Å². The van der Waals surface area contributed by atoms with E-state index in [1.54, 1.807) is 48.5 Å².